The second-order valence-corrected chi connectivity index (χ2v) is 10.6. The molecule has 0 fully saturated rings. The third kappa shape index (κ3) is 4.30. The normalized spacial score (nSPS) is 17.2. The van der Waals surface area contributed by atoms with Gasteiger partial charge in [0.05, 0.1) is 29.0 Å². The summed E-state index contributed by atoms with van der Waals surface area (Å²) in [5.74, 6) is 0.906. The maximum Gasteiger partial charge on any atom is 0.251 e. The van der Waals surface area contributed by atoms with Gasteiger partial charge >= 0.3 is 0 Å². The van der Waals surface area contributed by atoms with Crippen LogP contribution in [0.25, 0.3) is 11.0 Å². The summed E-state index contributed by atoms with van der Waals surface area (Å²) in [7, 11) is -3.36. The number of fused-ring (bicyclic) bond motifs is 2. The van der Waals surface area contributed by atoms with E-state index in [2.05, 4.69) is 29.1 Å². The molecule has 0 aliphatic carbocycles. The number of nitrogens with one attached hydrogen (secondary N) is 2. The zero-order valence-corrected chi connectivity index (χ0v) is 19.0. The van der Waals surface area contributed by atoms with Crippen LogP contribution in [0.1, 0.15) is 55.0 Å². The molecule has 1 aliphatic heterocycles. The lowest BCUT2D eigenvalue weighted by molar-refractivity contribution is 0.0930. The molecule has 4 rings (SSSR count). The lowest BCUT2D eigenvalue weighted by Crippen LogP contribution is -2.34. The number of aromatic nitrogens is 2. The van der Waals surface area contributed by atoms with Gasteiger partial charge < -0.3 is 10.3 Å². The topological polar surface area (TPSA) is 95.2 Å². The second-order valence-electron chi connectivity index (χ2n) is 8.75. The van der Waals surface area contributed by atoms with Gasteiger partial charge in [-0.2, -0.15) is 0 Å². The smallest absolute Gasteiger partial charge is 0.251 e. The third-order valence-electron chi connectivity index (χ3n) is 5.60. The first-order valence-electron chi connectivity index (χ1n) is 10.5. The van der Waals surface area contributed by atoms with Crippen molar-refractivity contribution in [2.24, 2.45) is 5.92 Å². The van der Waals surface area contributed by atoms with E-state index in [-0.39, 0.29) is 18.0 Å². The molecular weight excluding hydrogens is 412 g/mol. The Balaban J connectivity index is 1.60. The number of anilines is 1. The van der Waals surface area contributed by atoms with Crippen LogP contribution in [-0.4, -0.2) is 36.6 Å². The minimum absolute atomic E-state index is 0.160. The Bertz CT molecular complexity index is 1200. The Morgan fingerprint density at radius 2 is 2.00 bits per heavy atom. The Labute approximate surface area is 182 Å². The van der Waals surface area contributed by atoms with E-state index in [1.807, 2.05) is 31.2 Å². The Hall–Kier alpha value is -2.87. The lowest BCUT2D eigenvalue weighted by atomic mass is 10.0. The summed E-state index contributed by atoms with van der Waals surface area (Å²) >= 11 is 0. The second kappa shape index (κ2) is 8.00. The van der Waals surface area contributed by atoms with Crippen molar-refractivity contribution in [2.45, 2.75) is 45.7 Å². The van der Waals surface area contributed by atoms with Gasteiger partial charge in [0.25, 0.3) is 5.91 Å². The fourth-order valence-corrected chi connectivity index (χ4v) is 5.60. The molecule has 0 bridgehead atoms. The summed E-state index contributed by atoms with van der Waals surface area (Å²) in [6.07, 6.45) is 2.54. The summed E-state index contributed by atoms with van der Waals surface area (Å²) in [5.41, 5.74) is 3.85. The fourth-order valence-electron chi connectivity index (χ4n) is 4.34. The molecule has 31 heavy (non-hydrogen) atoms. The average Bonchev–Trinajstić information content (AvgIpc) is 3.25. The monoisotopic (exact) mass is 440 g/mol. The molecule has 1 aromatic heterocycles. The molecule has 164 valence electrons. The minimum atomic E-state index is -3.36. The molecule has 3 aromatic rings. The minimum Gasteiger partial charge on any atom is -0.342 e. The van der Waals surface area contributed by atoms with Crippen LogP contribution in [0.2, 0.25) is 0 Å². The highest BCUT2D eigenvalue weighted by molar-refractivity contribution is 7.92. The molecule has 2 heterocycles. The molecule has 1 amide bonds. The number of hydrogen-bond acceptors (Lipinski definition) is 4. The van der Waals surface area contributed by atoms with Crippen molar-refractivity contribution in [3.63, 3.8) is 0 Å². The van der Waals surface area contributed by atoms with E-state index in [1.165, 1.54) is 10.6 Å². The van der Waals surface area contributed by atoms with Crippen LogP contribution in [0.5, 0.6) is 0 Å². The Morgan fingerprint density at radius 1 is 1.26 bits per heavy atom. The average molecular weight is 441 g/mol. The van der Waals surface area contributed by atoms with Gasteiger partial charge in [-0.1, -0.05) is 26.0 Å². The van der Waals surface area contributed by atoms with E-state index in [1.54, 1.807) is 18.2 Å². The zero-order chi connectivity index (χ0) is 22.3. The summed E-state index contributed by atoms with van der Waals surface area (Å²) in [4.78, 5) is 21.1. The number of amides is 1. The lowest BCUT2D eigenvalue weighted by Gasteiger charge is -2.22. The van der Waals surface area contributed by atoms with Crippen molar-refractivity contribution in [3.8, 4) is 0 Å². The number of benzene rings is 2. The van der Waals surface area contributed by atoms with Gasteiger partial charge in [0.2, 0.25) is 10.0 Å². The number of hydrogen-bond donors (Lipinski definition) is 2. The largest absolute Gasteiger partial charge is 0.342 e. The van der Waals surface area contributed by atoms with Crippen LogP contribution in [-0.2, 0) is 16.4 Å². The number of rotatable bonds is 6. The van der Waals surface area contributed by atoms with Gasteiger partial charge in [0, 0.05) is 11.6 Å². The summed E-state index contributed by atoms with van der Waals surface area (Å²) in [5, 5.41) is 3.12. The van der Waals surface area contributed by atoms with Gasteiger partial charge in [-0.3, -0.25) is 9.10 Å². The van der Waals surface area contributed by atoms with Crippen molar-refractivity contribution in [1.82, 2.24) is 15.3 Å². The van der Waals surface area contributed by atoms with Crippen LogP contribution < -0.4 is 9.62 Å². The van der Waals surface area contributed by atoms with E-state index in [9.17, 15) is 13.2 Å². The molecule has 7 nitrogen and oxygen atoms in total. The SMILES string of the molecule is CC(C)CC(NC(=O)c1ccc2c(c1)CC(C)N2S(C)(=O)=O)c1nc2ccccc2[nH]1. The van der Waals surface area contributed by atoms with E-state index < -0.39 is 10.0 Å². The van der Waals surface area contributed by atoms with E-state index in [4.69, 9.17) is 0 Å². The number of para-hydroxylation sites is 2. The Morgan fingerprint density at radius 3 is 2.68 bits per heavy atom. The summed E-state index contributed by atoms with van der Waals surface area (Å²) < 4.78 is 25.7. The molecule has 0 saturated heterocycles. The number of carbonyl (C=O) groups excluding carboxylic acids is 1. The van der Waals surface area contributed by atoms with Gasteiger partial charge in [0.15, 0.2) is 0 Å². The fraction of sp³-hybridized carbons (Fsp3) is 0.391. The van der Waals surface area contributed by atoms with Crippen molar-refractivity contribution in [2.75, 3.05) is 10.6 Å². The van der Waals surface area contributed by atoms with Crippen molar-refractivity contribution >= 4 is 32.7 Å². The van der Waals surface area contributed by atoms with E-state index >= 15 is 0 Å². The Kier molecular flexibility index (Phi) is 5.51. The number of imidazole rings is 1. The number of carbonyl (C=O) groups is 1. The molecule has 0 spiro atoms. The first kappa shape index (κ1) is 21.4. The molecule has 8 heteroatoms. The van der Waals surface area contributed by atoms with Crippen LogP contribution in [0, 0.1) is 5.92 Å². The highest BCUT2D eigenvalue weighted by Gasteiger charge is 2.33. The number of nitrogens with zero attached hydrogens (tertiary/aromatic N) is 2. The first-order chi connectivity index (χ1) is 14.6. The molecule has 2 aromatic carbocycles. The quantitative estimate of drug-likeness (QED) is 0.610. The van der Waals surface area contributed by atoms with Crippen molar-refractivity contribution < 1.29 is 13.2 Å². The standard InChI is InChI=1S/C23H28N4O3S/c1-14(2)11-20(22-24-18-7-5-6-8-19(18)25-22)26-23(28)16-9-10-21-17(13-16)12-15(3)27(21)31(4,29)30/h5-10,13-15,20H,11-12H2,1-4H3,(H,24,25)(H,26,28). The number of H-pyrrole nitrogens is 1. The van der Waals surface area contributed by atoms with Crippen molar-refractivity contribution in [3.05, 3.63) is 59.4 Å². The maximum atomic E-state index is 13.1. The predicted octanol–water partition coefficient (Wildman–Crippen LogP) is 3.79. The number of sulfonamides is 1. The first-order valence-corrected chi connectivity index (χ1v) is 12.4. The van der Waals surface area contributed by atoms with Crippen LogP contribution >= 0.6 is 0 Å². The molecule has 0 saturated carbocycles. The maximum absolute atomic E-state index is 13.1. The van der Waals surface area contributed by atoms with Crippen LogP contribution in [0.3, 0.4) is 0 Å². The molecular formula is C23H28N4O3S. The summed E-state index contributed by atoms with van der Waals surface area (Å²) in [6, 6.07) is 12.6. The van der Waals surface area contributed by atoms with Gasteiger partial charge in [-0.25, -0.2) is 13.4 Å². The zero-order valence-electron chi connectivity index (χ0n) is 18.2. The number of aromatic amines is 1. The molecule has 2 unspecified atom stereocenters. The molecule has 2 N–H and O–H groups in total. The third-order valence-corrected chi connectivity index (χ3v) is 6.87. The summed E-state index contributed by atoms with van der Waals surface area (Å²) in [6.45, 7) is 6.10. The van der Waals surface area contributed by atoms with Gasteiger partial charge in [-0.15, -0.1) is 0 Å². The van der Waals surface area contributed by atoms with E-state index in [0.717, 1.165) is 28.8 Å². The molecule has 1 aliphatic rings. The predicted molar refractivity (Wildman–Crippen MR) is 123 cm³/mol. The highest BCUT2D eigenvalue weighted by atomic mass is 32.2. The van der Waals surface area contributed by atoms with Gasteiger partial charge in [-0.05, 0) is 61.6 Å². The molecule has 0 radical (unpaired) electrons. The van der Waals surface area contributed by atoms with Crippen LogP contribution in [0.4, 0.5) is 5.69 Å². The molecule has 2 atom stereocenters. The highest BCUT2D eigenvalue weighted by Crippen LogP contribution is 2.35. The van der Waals surface area contributed by atoms with Crippen molar-refractivity contribution in [1.29, 1.82) is 0 Å². The van der Waals surface area contributed by atoms with Gasteiger partial charge in [0.1, 0.15) is 5.82 Å². The van der Waals surface area contributed by atoms with Crippen LogP contribution in [0.15, 0.2) is 42.5 Å². The van der Waals surface area contributed by atoms with E-state index in [0.29, 0.717) is 23.6 Å².